The summed E-state index contributed by atoms with van der Waals surface area (Å²) in [6.45, 7) is 0. The molecule has 1 saturated carbocycles. The lowest BCUT2D eigenvalue weighted by Gasteiger charge is -2.13. The molecule has 6 heteroatoms. The zero-order chi connectivity index (χ0) is 11.5. The number of amides is 1. The van der Waals surface area contributed by atoms with E-state index in [0.717, 1.165) is 12.8 Å². The molecule has 0 aliphatic heterocycles. The number of aromatic nitrogens is 2. The van der Waals surface area contributed by atoms with E-state index in [4.69, 9.17) is 5.11 Å². The van der Waals surface area contributed by atoms with E-state index in [-0.39, 0.29) is 18.2 Å². The summed E-state index contributed by atoms with van der Waals surface area (Å²) in [5.74, 6) is -1.17. The molecule has 86 valence electrons. The van der Waals surface area contributed by atoms with Gasteiger partial charge >= 0.3 is 5.97 Å². The summed E-state index contributed by atoms with van der Waals surface area (Å²) in [6.07, 6.45) is 4.99. The van der Waals surface area contributed by atoms with Crippen molar-refractivity contribution in [2.75, 3.05) is 0 Å². The first kappa shape index (κ1) is 10.7. The van der Waals surface area contributed by atoms with Gasteiger partial charge in [0.05, 0.1) is 6.33 Å². The Morgan fingerprint density at radius 1 is 1.62 bits per heavy atom. The van der Waals surface area contributed by atoms with Gasteiger partial charge in [0.25, 0.3) is 0 Å². The van der Waals surface area contributed by atoms with E-state index in [0.29, 0.717) is 5.69 Å². The molecule has 1 heterocycles. The summed E-state index contributed by atoms with van der Waals surface area (Å²) in [5.41, 5.74) is 0.698. The third kappa shape index (κ3) is 2.59. The summed E-state index contributed by atoms with van der Waals surface area (Å²) in [4.78, 5) is 29.0. The Labute approximate surface area is 92.1 Å². The Balaban J connectivity index is 1.94. The van der Waals surface area contributed by atoms with Gasteiger partial charge in [-0.2, -0.15) is 0 Å². The summed E-state index contributed by atoms with van der Waals surface area (Å²) >= 11 is 0. The largest absolute Gasteiger partial charge is 0.480 e. The van der Waals surface area contributed by atoms with E-state index < -0.39 is 12.0 Å². The molecule has 2 rings (SSSR count). The number of nitrogens with zero attached hydrogens (tertiary/aromatic N) is 1. The van der Waals surface area contributed by atoms with Gasteiger partial charge in [-0.1, -0.05) is 0 Å². The lowest BCUT2D eigenvalue weighted by atomic mass is 10.1. The van der Waals surface area contributed by atoms with Gasteiger partial charge < -0.3 is 15.4 Å². The SMILES string of the molecule is O=C(NC(Cc1cnc[nH]1)C(=O)O)C1CC1. The van der Waals surface area contributed by atoms with Gasteiger partial charge in [0, 0.05) is 24.2 Å². The van der Waals surface area contributed by atoms with Crippen LogP contribution in [-0.2, 0) is 16.0 Å². The van der Waals surface area contributed by atoms with Crippen molar-refractivity contribution in [2.45, 2.75) is 25.3 Å². The maximum absolute atomic E-state index is 11.4. The van der Waals surface area contributed by atoms with E-state index in [1.165, 1.54) is 6.33 Å². The van der Waals surface area contributed by atoms with Crippen molar-refractivity contribution >= 4 is 11.9 Å². The second-order valence-corrected chi connectivity index (χ2v) is 3.95. The number of H-pyrrole nitrogens is 1. The van der Waals surface area contributed by atoms with Crippen molar-refractivity contribution in [3.63, 3.8) is 0 Å². The lowest BCUT2D eigenvalue weighted by molar-refractivity contribution is -0.142. The van der Waals surface area contributed by atoms with Crippen molar-refractivity contribution in [2.24, 2.45) is 5.92 Å². The molecule has 0 spiro atoms. The van der Waals surface area contributed by atoms with Gasteiger partial charge in [-0.25, -0.2) is 9.78 Å². The molecule has 1 atom stereocenters. The summed E-state index contributed by atoms with van der Waals surface area (Å²) in [5, 5.41) is 11.5. The normalized spacial score (nSPS) is 16.8. The van der Waals surface area contributed by atoms with Crippen LogP contribution in [0.25, 0.3) is 0 Å². The number of carboxylic acids is 1. The standard InChI is InChI=1S/C10H13N3O3/c14-9(6-1-2-6)13-8(10(15)16)3-7-4-11-5-12-7/h4-6,8H,1-3H2,(H,11,12)(H,13,14)(H,15,16). The molecule has 0 saturated heterocycles. The predicted molar refractivity (Wildman–Crippen MR) is 54.6 cm³/mol. The van der Waals surface area contributed by atoms with Crippen molar-refractivity contribution in [3.8, 4) is 0 Å². The van der Waals surface area contributed by atoms with Crippen LogP contribution >= 0.6 is 0 Å². The van der Waals surface area contributed by atoms with Crippen LogP contribution in [0.3, 0.4) is 0 Å². The molecule has 1 aliphatic carbocycles. The minimum atomic E-state index is -1.02. The molecule has 6 nitrogen and oxygen atoms in total. The fraction of sp³-hybridized carbons (Fsp3) is 0.500. The number of rotatable bonds is 5. The van der Waals surface area contributed by atoms with Crippen LogP contribution in [0, 0.1) is 5.92 Å². The number of aliphatic carboxylic acids is 1. The van der Waals surface area contributed by atoms with Gasteiger partial charge in [-0.05, 0) is 12.8 Å². The Kier molecular flexibility index (Phi) is 2.89. The number of carbonyl (C=O) groups is 2. The molecular formula is C10H13N3O3. The first-order valence-electron chi connectivity index (χ1n) is 5.17. The molecule has 16 heavy (non-hydrogen) atoms. The average Bonchev–Trinajstić information content (AvgIpc) is 2.97. The highest BCUT2D eigenvalue weighted by Gasteiger charge is 2.32. The zero-order valence-corrected chi connectivity index (χ0v) is 8.64. The van der Waals surface area contributed by atoms with Gasteiger partial charge in [0.1, 0.15) is 6.04 Å². The van der Waals surface area contributed by atoms with Gasteiger partial charge in [-0.3, -0.25) is 4.79 Å². The first-order chi connectivity index (χ1) is 7.66. The number of imidazole rings is 1. The molecule has 0 bridgehead atoms. The monoisotopic (exact) mass is 223 g/mol. The number of carbonyl (C=O) groups excluding carboxylic acids is 1. The highest BCUT2D eigenvalue weighted by Crippen LogP contribution is 2.28. The summed E-state index contributed by atoms with van der Waals surface area (Å²) < 4.78 is 0. The van der Waals surface area contributed by atoms with Crippen LogP contribution in [0.5, 0.6) is 0 Å². The van der Waals surface area contributed by atoms with E-state index in [2.05, 4.69) is 15.3 Å². The van der Waals surface area contributed by atoms with E-state index in [9.17, 15) is 9.59 Å². The Bertz CT molecular complexity index is 384. The number of hydrogen-bond donors (Lipinski definition) is 3. The van der Waals surface area contributed by atoms with Crippen molar-refractivity contribution in [3.05, 3.63) is 18.2 Å². The third-order valence-electron chi connectivity index (χ3n) is 2.54. The number of aromatic amines is 1. The Morgan fingerprint density at radius 3 is 2.88 bits per heavy atom. The lowest BCUT2D eigenvalue weighted by Crippen LogP contribution is -2.43. The molecule has 0 aromatic carbocycles. The fourth-order valence-corrected chi connectivity index (χ4v) is 1.45. The molecule has 1 amide bonds. The van der Waals surface area contributed by atoms with Gasteiger partial charge in [0.15, 0.2) is 0 Å². The third-order valence-corrected chi connectivity index (χ3v) is 2.54. The highest BCUT2D eigenvalue weighted by molar-refractivity contribution is 5.86. The van der Waals surface area contributed by atoms with Crippen LogP contribution in [0.1, 0.15) is 18.5 Å². The van der Waals surface area contributed by atoms with Gasteiger partial charge in [-0.15, -0.1) is 0 Å². The van der Waals surface area contributed by atoms with Crippen molar-refractivity contribution < 1.29 is 14.7 Å². The second-order valence-electron chi connectivity index (χ2n) is 3.95. The van der Waals surface area contributed by atoms with E-state index in [1.807, 2.05) is 0 Å². The number of hydrogen-bond acceptors (Lipinski definition) is 3. The molecule has 1 fully saturated rings. The summed E-state index contributed by atoms with van der Waals surface area (Å²) in [6, 6.07) is -0.881. The Morgan fingerprint density at radius 2 is 2.38 bits per heavy atom. The van der Waals surface area contributed by atoms with Crippen LogP contribution in [0.2, 0.25) is 0 Å². The Hall–Kier alpha value is -1.85. The van der Waals surface area contributed by atoms with Crippen molar-refractivity contribution in [1.29, 1.82) is 0 Å². The average molecular weight is 223 g/mol. The number of carboxylic acid groups (broad SMARTS) is 1. The van der Waals surface area contributed by atoms with Crippen molar-refractivity contribution in [1.82, 2.24) is 15.3 Å². The highest BCUT2D eigenvalue weighted by atomic mass is 16.4. The molecule has 3 N–H and O–H groups in total. The maximum Gasteiger partial charge on any atom is 0.326 e. The molecule has 1 aromatic heterocycles. The quantitative estimate of drug-likeness (QED) is 0.651. The predicted octanol–water partition coefficient (Wildman–Crippen LogP) is -0.0684. The van der Waals surface area contributed by atoms with Crippen LogP contribution in [0.4, 0.5) is 0 Å². The van der Waals surface area contributed by atoms with E-state index in [1.54, 1.807) is 6.20 Å². The molecule has 1 aliphatic rings. The molecule has 1 aromatic rings. The van der Waals surface area contributed by atoms with Crippen LogP contribution < -0.4 is 5.32 Å². The van der Waals surface area contributed by atoms with E-state index >= 15 is 0 Å². The van der Waals surface area contributed by atoms with Crippen LogP contribution in [-0.4, -0.2) is 33.0 Å². The zero-order valence-electron chi connectivity index (χ0n) is 8.64. The maximum atomic E-state index is 11.4. The topological polar surface area (TPSA) is 95.1 Å². The molecule has 0 radical (unpaired) electrons. The first-order valence-corrected chi connectivity index (χ1v) is 5.17. The van der Waals surface area contributed by atoms with Gasteiger partial charge in [0.2, 0.25) is 5.91 Å². The summed E-state index contributed by atoms with van der Waals surface area (Å²) in [7, 11) is 0. The number of nitrogens with one attached hydrogen (secondary N) is 2. The smallest absolute Gasteiger partial charge is 0.326 e. The fourth-order valence-electron chi connectivity index (χ4n) is 1.45. The minimum Gasteiger partial charge on any atom is -0.480 e. The second kappa shape index (κ2) is 4.34. The molecule has 1 unspecified atom stereocenters. The minimum absolute atomic E-state index is 0.0172. The van der Waals surface area contributed by atoms with Crippen LogP contribution in [0.15, 0.2) is 12.5 Å². The molecular weight excluding hydrogens is 210 g/mol.